The first-order valence-corrected chi connectivity index (χ1v) is 4.15. The Morgan fingerprint density at radius 2 is 2.50 bits per heavy atom. The number of carbonyl (C=O) groups excluding carboxylic acids is 1. The van der Waals surface area contributed by atoms with Crippen molar-refractivity contribution >= 4 is 5.78 Å². The third-order valence-electron chi connectivity index (χ3n) is 2.44. The lowest BCUT2D eigenvalue weighted by atomic mass is 9.75. The second-order valence-corrected chi connectivity index (χ2v) is 3.38. The molecule has 0 saturated heterocycles. The molecule has 2 heteroatoms. The molecule has 0 amide bonds. The molecular formula is C10H14O2. The average Bonchev–Trinajstić information content (AvgIpc) is 2.02. The Balaban J connectivity index is 2.95. The molecule has 0 saturated carbocycles. The predicted octanol–water partition coefficient (Wildman–Crippen LogP) is 2.37. The standard InChI is InChI=1S/C10H14O2/c1-3-7-10(2)8(11)5-4-6-9(10)12/h3,5,11H,1,4,6-7H2,2H3. The van der Waals surface area contributed by atoms with Crippen molar-refractivity contribution in [2.45, 2.75) is 26.2 Å². The van der Waals surface area contributed by atoms with E-state index in [0.29, 0.717) is 19.3 Å². The lowest BCUT2D eigenvalue weighted by Gasteiger charge is -2.29. The number of ketones is 1. The predicted molar refractivity (Wildman–Crippen MR) is 47.9 cm³/mol. The second-order valence-electron chi connectivity index (χ2n) is 3.38. The third-order valence-corrected chi connectivity index (χ3v) is 2.44. The van der Waals surface area contributed by atoms with Crippen LogP contribution in [0.1, 0.15) is 26.2 Å². The highest BCUT2D eigenvalue weighted by Crippen LogP contribution is 2.35. The van der Waals surface area contributed by atoms with Crippen molar-refractivity contribution in [3.8, 4) is 0 Å². The molecule has 1 atom stereocenters. The van der Waals surface area contributed by atoms with E-state index in [9.17, 15) is 9.90 Å². The fourth-order valence-corrected chi connectivity index (χ4v) is 1.49. The van der Waals surface area contributed by atoms with Crippen LogP contribution in [0.5, 0.6) is 0 Å². The largest absolute Gasteiger partial charge is 0.512 e. The summed E-state index contributed by atoms with van der Waals surface area (Å²) in [7, 11) is 0. The van der Waals surface area contributed by atoms with Gasteiger partial charge in [0, 0.05) is 6.42 Å². The Kier molecular flexibility index (Phi) is 2.36. The molecule has 2 nitrogen and oxygen atoms in total. The molecule has 1 aliphatic carbocycles. The van der Waals surface area contributed by atoms with Crippen molar-refractivity contribution in [2.75, 3.05) is 0 Å². The molecule has 0 aliphatic heterocycles. The zero-order valence-corrected chi connectivity index (χ0v) is 7.34. The Hall–Kier alpha value is -1.05. The number of hydrogen-bond donors (Lipinski definition) is 1. The molecule has 0 aromatic rings. The third kappa shape index (κ3) is 1.29. The molecular weight excluding hydrogens is 152 g/mol. The van der Waals surface area contributed by atoms with Crippen LogP contribution in [-0.4, -0.2) is 10.9 Å². The number of rotatable bonds is 2. The van der Waals surface area contributed by atoms with Gasteiger partial charge in [0.05, 0.1) is 5.41 Å². The van der Waals surface area contributed by atoms with Gasteiger partial charge in [-0.15, -0.1) is 6.58 Å². The Bertz CT molecular complexity index is 240. The summed E-state index contributed by atoms with van der Waals surface area (Å²) in [5, 5.41) is 9.52. The summed E-state index contributed by atoms with van der Waals surface area (Å²) in [6, 6.07) is 0. The molecule has 0 fully saturated rings. The van der Waals surface area contributed by atoms with Crippen LogP contribution in [0.3, 0.4) is 0 Å². The van der Waals surface area contributed by atoms with Gasteiger partial charge < -0.3 is 5.11 Å². The monoisotopic (exact) mass is 166 g/mol. The first kappa shape index (κ1) is 9.04. The van der Waals surface area contributed by atoms with Gasteiger partial charge in [0.1, 0.15) is 11.5 Å². The summed E-state index contributed by atoms with van der Waals surface area (Å²) in [4.78, 5) is 11.5. The van der Waals surface area contributed by atoms with Crippen LogP contribution in [0.25, 0.3) is 0 Å². The van der Waals surface area contributed by atoms with E-state index in [0.717, 1.165) is 0 Å². The molecule has 1 N–H and O–H groups in total. The van der Waals surface area contributed by atoms with Gasteiger partial charge in [-0.05, 0) is 25.8 Å². The Labute approximate surface area is 72.6 Å². The molecule has 1 aliphatic rings. The van der Waals surface area contributed by atoms with E-state index in [1.165, 1.54) is 0 Å². The van der Waals surface area contributed by atoms with Crippen LogP contribution in [0.4, 0.5) is 0 Å². The van der Waals surface area contributed by atoms with E-state index in [4.69, 9.17) is 0 Å². The highest BCUT2D eigenvalue weighted by atomic mass is 16.3. The van der Waals surface area contributed by atoms with E-state index < -0.39 is 5.41 Å². The van der Waals surface area contributed by atoms with Gasteiger partial charge in [-0.1, -0.05) is 6.08 Å². The van der Waals surface area contributed by atoms with Gasteiger partial charge in [0.15, 0.2) is 0 Å². The molecule has 1 unspecified atom stereocenters. The molecule has 0 radical (unpaired) electrons. The fraction of sp³-hybridized carbons (Fsp3) is 0.500. The molecule has 12 heavy (non-hydrogen) atoms. The van der Waals surface area contributed by atoms with Gasteiger partial charge in [0.25, 0.3) is 0 Å². The number of allylic oxidation sites excluding steroid dienone is 3. The number of Topliss-reactive ketones (excluding diaryl/α,β-unsaturated/α-hetero) is 1. The molecule has 0 heterocycles. The average molecular weight is 166 g/mol. The van der Waals surface area contributed by atoms with Gasteiger partial charge >= 0.3 is 0 Å². The van der Waals surface area contributed by atoms with E-state index in [1.807, 2.05) is 0 Å². The van der Waals surface area contributed by atoms with Crippen molar-refractivity contribution in [2.24, 2.45) is 5.41 Å². The van der Waals surface area contributed by atoms with Crippen LogP contribution in [-0.2, 0) is 4.79 Å². The summed E-state index contributed by atoms with van der Waals surface area (Å²) in [5.74, 6) is 0.320. The van der Waals surface area contributed by atoms with Crippen LogP contribution < -0.4 is 0 Å². The summed E-state index contributed by atoms with van der Waals surface area (Å²) in [6.45, 7) is 5.34. The van der Waals surface area contributed by atoms with Crippen molar-refractivity contribution in [3.63, 3.8) is 0 Å². The van der Waals surface area contributed by atoms with Crippen LogP contribution in [0.15, 0.2) is 24.5 Å². The minimum atomic E-state index is -0.694. The SMILES string of the molecule is C=CCC1(C)C(=O)CCC=C1O. The minimum Gasteiger partial charge on any atom is -0.512 e. The quantitative estimate of drug-likeness (QED) is 0.639. The molecule has 0 bridgehead atoms. The Morgan fingerprint density at radius 3 is 3.00 bits per heavy atom. The fourth-order valence-electron chi connectivity index (χ4n) is 1.49. The van der Waals surface area contributed by atoms with Crippen molar-refractivity contribution in [3.05, 3.63) is 24.5 Å². The van der Waals surface area contributed by atoms with Crippen molar-refractivity contribution in [1.29, 1.82) is 0 Å². The number of hydrogen-bond acceptors (Lipinski definition) is 2. The van der Waals surface area contributed by atoms with E-state index in [-0.39, 0.29) is 11.5 Å². The number of aliphatic hydroxyl groups excluding tert-OH is 1. The van der Waals surface area contributed by atoms with Crippen molar-refractivity contribution < 1.29 is 9.90 Å². The van der Waals surface area contributed by atoms with Gasteiger partial charge in [-0.25, -0.2) is 0 Å². The zero-order valence-electron chi connectivity index (χ0n) is 7.34. The molecule has 1 rings (SSSR count). The zero-order chi connectivity index (χ0) is 9.19. The minimum absolute atomic E-state index is 0.113. The van der Waals surface area contributed by atoms with Gasteiger partial charge in [-0.3, -0.25) is 4.79 Å². The van der Waals surface area contributed by atoms with E-state index >= 15 is 0 Å². The number of aliphatic hydroxyl groups is 1. The van der Waals surface area contributed by atoms with Crippen LogP contribution >= 0.6 is 0 Å². The summed E-state index contributed by atoms with van der Waals surface area (Å²) >= 11 is 0. The van der Waals surface area contributed by atoms with Crippen molar-refractivity contribution in [1.82, 2.24) is 0 Å². The lowest BCUT2D eigenvalue weighted by Crippen LogP contribution is -2.31. The maximum Gasteiger partial charge on any atom is 0.146 e. The lowest BCUT2D eigenvalue weighted by molar-refractivity contribution is -0.127. The maximum absolute atomic E-state index is 11.5. The maximum atomic E-state index is 11.5. The topological polar surface area (TPSA) is 37.3 Å². The highest BCUT2D eigenvalue weighted by Gasteiger charge is 2.37. The van der Waals surface area contributed by atoms with Crippen LogP contribution in [0, 0.1) is 5.41 Å². The molecule has 0 aromatic carbocycles. The number of carbonyl (C=O) groups is 1. The first-order valence-electron chi connectivity index (χ1n) is 4.15. The van der Waals surface area contributed by atoms with Gasteiger partial charge in [0.2, 0.25) is 0 Å². The van der Waals surface area contributed by atoms with E-state index in [1.54, 1.807) is 19.1 Å². The normalized spacial score (nSPS) is 29.8. The highest BCUT2D eigenvalue weighted by molar-refractivity contribution is 5.88. The van der Waals surface area contributed by atoms with Crippen LogP contribution in [0.2, 0.25) is 0 Å². The summed E-state index contributed by atoms with van der Waals surface area (Å²) < 4.78 is 0. The molecule has 66 valence electrons. The summed E-state index contributed by atoms with van der Waals surface area (Å²) in [6.07, 6.45) is 5.12. The Morgan fingerprint density at radius 1 is 1.83 bits per heavy atom. The molecule has 0 aromatic heterocycles. The van der Waals surface area contributed by atoms with E-state index in [2.05, 4.69) is 6.58 Å². The van der Waals surface area contributed by atoms with Gasteiger partial charge in [-0.2, -0.15) is 0 Å². The first-order chi connectivity index (χ1) is 5.61. The second kappa shape index (κ2) is 3.13. The smallest absolute Gasteiger partial charge is 0.146 e. The summed E-state index contributed by atoms with van der Waals surface area (Å²) in [5.41, 5.74) is -0.694. The molecule has 0 spiro atoms.